The summed E-state index contributed by atoms with van der Waals surface area (Å²) in [5.41, 5.74) is 1.85. The molecule has 5 heteroatoms. The van der Waals surface area contributed by atoms with Crippen LogP contribution in [0.4, 0.5) is 0 Å². The van der Waals surface area contributed by atoms with E-state index in [4.69, 9.17) is 4.74 Å². The van der Waals surface area contributed by atoms with Gasteiger partial charge in [-0.2, -0.15) is 0 Å². The average molecular weight is 289 g/mol. The van der Waals surface area contributed by atoms with E-state index in [0.717, 1.165) is 15.4 Å². The maximum Gasteiger partial charge on any atom is 0.358 e. The summed E-state index contributed by atoms with van der Waals surface area (Å²) in [6.07, 6.45) is 0. The SMILES string of the molecule is CCOC(=O)c1nc(C)sc1-c1ccc(C(C)=O)cc1. The Morgan fingerprint density at radius 2 is 1.90 bits per heavy atom. The van der Waals surface area contributed by atoms with Crippen molar-refractivity contribution in [3.8, 4) is 10.4 Å². The zero-order chi connectivity index (χ0) is 14.7. The highest BCUT2D eigenvalue weighted by molar-refractivity contribution is 7.15. The molecule has 0 N–H and O–H groups in total. The molecule has 0 amide bonds. The van der Waals surface area contributed by atoms with E-state index < -0.39 is 5.97 Å². The van der Waals surface area contributed by atoms with Gasteiger partial charge in [-0.15, -0.1) is 11.3 Å². The fraction of sp³-hybridized carbons (Fsp3) is 0.267. The fourth-order valence-corrected chi connectivity index (χ4v) is 2.73. The van der Waals surface area contributed by atoms with E-state index in [1.54, 1.807) is 19.1 Å². The van der Waals surface area contributed by atoms with Gasteiger partial charge in [0.05, 0.1) is 16.5 Å². The van der Waals surface area contributed by atoms with E-state index in [1.807, 2.05) is 19.1 Å². The number of benzene rings is 1. The minimum Gasteiger partial charge on any atom is -0.461 e. The van der Waals surface area contributed by atoms with Gasteiger partial charge in [0, 0.05) is 5.56 Å². The van der Waals surface area contributed by atoms with Crippen LogP contribution in [0, 0.1) is 6.92 Å². The largest absolute Gasteiger partial charge is 0.461 e. The van der Waals surface area contributed by atoms with Crippen LogP contribution in [0.15, 0.2) is 24.3 Å². The van der Waals surface area contributed by atoms with E-state index in [0.29, 0.717) is 17.9 Å². The van der Waals surface area contributed by atoms with E-state index in [9.17, 15) is 9.59 Å². The molecule has 0 aliphatic rings. The van der Waals surface area contributed by atoms with E-state index in [1.165, 1.54) is 18.3 Å². The molecular weight excluding hydrogens is 274 g/mol. The molecule has 0 saturated carbocycles. The third kappa shape index (κ3) is 2.93. The van der Waals surface area contributed by atoms with Crippen LogP contribution < -0.4 is 0 Å². The summed E-state index contributed by atoms with van der Waals surface area (Å²) in [6, 6.07) is 7.15. The molecule has 0 spiro atoms. The number of carbonyl (C=O) groups excluding carboxylic acids is 2. The van der Waals surface area contributed by atoms with Crippen LogP contribution in [0.3, 0.4) is 0 Å². The van der Waals surface area contributed by atoms with Crippen LogP contribution in [0.2, 0.25) is 0 Å². The number of hydrogen-bond donors (Lipinski definition) is 0. The number of carbonyl (C=O) groups is 2. The highest BCUT2D eigenvalue weighted by Crippen LogP contribution is 2.30. The molecule has 20 heavy (non-hydrogen) atoms. The molecule has 1 heterocycles. The Labute approximate surface area is 121 Å². The summed E-state index contributed by atoms with van der Waals surface area (Å²) >= 11 is 1.44. The molecule has 0 aliphatic carbocycles. The molecule has 0 saturated heterocycles. The van der Waals surface area contributed by atoms with Crippen molar-refractivity contribution in [1.29, 1.82) is 0 Å². The first kappa shape index (κ1) is 14.4. The maximum absolute atomic E-state index is 11.9. The van der Waals surface area contributed by atoms with Crippen molar-refractivity contribution in [3.63, 3.8) is 0 Å². The number of aryl methyl sites for hydroxylation is 1. The number of nitrogens with zero attached hydrogens (tertiary/aromatic N) is 1. The molecule has 0 aliphatic heterocycles. The lowest BCUT2D eigenvalue weighted by atomic mass is 10.1. The van der Waals surface area contributed by atoms with Crippen molar-refractivity contribution in [3.05, 3.63) is 40.5 Å². The second-order valence-corrected chi connectivity index (χ2v) is 5.47. The lowest BCUT2D eigenvalue weighted by Gasteiger charge is -2.03. The molecule has 0 fully saturated rings. The number of ketones is 1. The smallest absolute Gasteiger partial charge is 0.358 e. The Morgan fingerprint density at radius 3 is 2.45 bits per heavy atom. The molecule has 1 aromatic carbocycles. The molecule has 0 radical (unpaired) electrons. The Balaban J connectivity index is 2.41. The van der Waals surface area contributed by atoms with Gasteiger partial charge in [-0.05, 0) is 26.3 Å². The highest BCUT2D eigenvalue weighted by atomic mass is 32.1. The van der Waals surface area contributed by atoms with Gasteiger partial charge in [-0.25, -0.2) is 9.78 Å². The maximum atomic E-state index is 11.9. The van der Waals surface area contributed by atoms with Crippen LogP contribution in [0.1, 0.15) is 39.7 Å². The first-order valence-corrected chi connectivity index (χ1v) is 7.10. The zero-order valence-corrected chi connectivity index (χ0v) is 12.4. The first-order valence-electron chi connectivity index (χ1n) is 6.28. The number of thiazole rings is 1. The fourth-order valence-electron chi connectivity index (χ4n) is 1.82. The van der Waals surface area contributed by atoms with Gasteiger partial charge in [0.1, 0.15) is 0 Å². The highest BCUT2D eigenvalue weighted by Gasteiger charge is 2.19. The lowest BCUT2D eigenvalue weighted by molar-refractivity contribution is 0.0521. The normalized spacial score (nSPS) is 10.3. The molecule has 2 rings (SSSR count). The minimum absolute atomic E-state index is 0.0163. The number of esters is 1. The van der Waals surface area contributed by atoms with Gasteiger partial charge in [0.15, 0.2) is 11.5 Å². The summed E-state index contributed by atoms with van der Waals surface area (Å²) in [5, 5.41) is 0.804. The molecule has 1 aromatic heterocycles. The minimum atomic E-state index is -0.414. The topological polar surface area (TPSA) is 56.3 Å². The number of ether oxygens (including phenoxy) is 1. The molecule has 0 atom stereocenters. The molecule has 0 unspecified atom stereocenters. The van der Waals surface area contributed by atoms with Crippen LogP contribution >= 0.6 is 11.3 Å². The summed E-state index contributed by atoms with van der Waals surface area (Å²) in [7, 11) is 0. The van der Waals surface area contributed by atoms with Gasteiger partial charge in [0.25, 0.3) is 0 Å². The van der Waals surface area contributed by atoms with Gasteiger partial charge in [-0.1, -0.05) is 24.3 Å². The Hall–Kier alpha value is -2.01. The van der Waals surface area contributed by atoms with Crippen molar-refractivity contribution in [2.45, 2.75) is 20.8 Å². The van der Waals surface area contributed by atoms with E-state index in [-0.39, 0.29) is 5.78 Å². The van der Waals surface area contributed by atoms with Crippen molar-refractivity contribution < 1.29 is 14.3 Å². The Bertz CT molecular complexity index is 644. The molecule has 104 valence electrons. The van der Waals surface area contributed by atoms with E-state index in [2.05, 4.69) is 4.98 Å². The monoisotopic (exact) mass is 289 g/mol. The molecule has 2 aromatic rings. The average Bonchev–Trinajstić information content (AvgIpc) is 2.81. The Morgan fingerprint density at radius 1 is 1.25 bits per heavy atom. The molecule has 4 nitrogen and oxygen atoms in total. The van der Waals surface area contributed by atoms with Crippen LogP contribution in [0.5, 0.6) is 0 Å². The van der Waals surface area contributed by atoms with Crippen LogP contribution in [0.25, 0.3) is 10.4 Å². The summed E-state index contributed by atoms with van der Waals surface area (Å²) in [4.78, 5) is 28.2. The van der Waals surface area contributed by atoms with Crippen LogP contribution in [-0.2, 0) is 4.74 Å². The van der Waals surface area contributed by atoms with Crippen molar-refractivity contribution in [2.75, 3.05) is 6.61 Å². The summed E-state index contributed by atoms with van der Waals surface area (Å²) < 4.78 is 5.02. The molecular formula is C15H15NO3S. The second kappa shape index (κ2) is 5.96. The number of rotatable bonds is 4. The standard InChI is InChI=1S/C15H15NO3S/c1-4-19-15(18)13-14(20-10(3)16-13)12-7-5-11(6-8-12)9(2)17/h5-8H,4H2,1-3H3. The van der Waals surface area contributed by atoms with Crippen LogP contribution in [-0.4, -0.2) is 23.3 Å². The summed E-state index contributed by atoms with van der Waals surface area (Å²) in [6.45, 7) is 5.45. The second-order valence-electron chi connectivity index (χ2n) is 4.26. The van der Waals surface area contributed by atoms with E-state index >= 15 is 0 Å². The number of Topliss-reactive ketones (excluding diaryl/α,β-unsaturated/α-hetero) is 1. The predicted molar refractivity (Wildman–Crippen MR) is 78.2 cm³/mol. The number of aromatic nitrogens is 1. The third-order valence-electron chi connectivity index (χ3n) is 2.76. The summed E-state index contributed by atoms with van der Waals surface area (Å²) in [5.74, 6) is -0.398. The van der Waals surface area contributed by atoms with Gasteiger partial charge >= 0.3 is 5.97 Å². The number of hydrogen-bond acceptors (Lipinski definition) is 5. The van der Waals surface area contributed by atoms with Crippen molar-refractivity contribution in [2.24, 2.45) is 0 Å². The predicted octanol–water partition coefficient (Wildman–Crippen LogP) is 3.50. The van der Waals surface area contributed by atoms with Gasteiger partial charge < -0.3 is 4.74 Å². The van der Waals surface area contributed by atoms with Gasteiger partial charge in [-0.3, -0.25) is 4.79 Å². The van der Waals surface area contributed by atoms with Crippen molar-refractivity contribution >= 4 is 23.1 Å². The third-order valence-corrected chi connectivity index (χ3v) is 3.78. The zero-order valence-electron chi connectivity index (χ0n) is 11.6. The van der Waals surface area contributed by atoms with Gasteiger partial charge in [0.2, 0.25) is 0 Å². The van der Waals surface area contributed by atoms with Crippen molar-refractivity contribution in [1.82, 2.24) is 4.98 Å². The lowest BCUT2D eigenvalue weighted by Crippen LogP contribution is -2.06. The first-order chi connectivity index (χ1) is 9.52. The quantitative estimate of drug-likeness (QED) is 0.638. The Kier molecular flexibility index (Phi) is 4.29. The molecule has 0 bridgehead atoms.